The molecule has 1 aliphatic rings. The van der Waals surface area contributed by atoms with Crippen molar-refractivity contribution in [1.29, 1.82) is 0 Å². The lowest BCUT2D eigenvalue weighted by Gasteiger charge is -2.16. The van der Waals surface area contributed by atoms with Gasteiger partial charge in [0.15, 0.2) is 6.10 Å². The summed E-state index contributed by atoms with van der Waals surface area (Å²) in [5.41, 5.74) is 1.94. The van der Waals surface area contributed by atoms with E-state index in [1.807, 2.05) is 30.3 Å². The third-order valence-electron chi connectivity index (χ3n) is 3.61. The molecule has 0 aliphatic carbocycles. The molecule has 0 fully saturated rings. The van der Waals surface area contributed by atoms with Crippen LogP contribution in [0.4, 0.5) is 4.39 Å². The largest absolute Gasteiger partial charge is 0.488 e. The number of nitrogens with zero attached hydrogens (tertiary/aromatic N) is 1. The molecule has 22 heavy (non-hydrogen) atoms. The maximum Gasteiger partial charge on any atom is 0.488 e. The van der Waals surface area contributed by atoms with E-state index < -0.39 is 25.9 Å². The molecular weight excluding hydrogens is 284 g/mol. The second-order valence-corrected chi connectivity index (χ2v) is 5.10. The Hall–Kier alpha value is -2.18. The predicted molar refractivity (Wildman–Crippen MR) is 82.8 cm³/mol. The monoisotopic (exact) mass is 299 g/mol. The normalized spacial score (nSPS) is 20.4. The predicted octanol–water partition coefficient (Wildman–Crippen LogP) is 1.22. The van der Waals surface area contributed by atoms with E-state index in [9.17, 15) is 4.39 Å². The molecule has 1 aliphatic heterocycles. The van der Waals surface area contributed by atoms with Gasteiger partial charge in [0.1, 0.15) is 12.7 Å². The standard InChI is InChI=1S/C16H15BFNO3/c18-10-14-15(11-6-8-13(9-7-11)17(20)21)22-16(19-14)12-4-2-1-3-5-12/h1-9,14-15,20-21H,10H2/t14-,15-/m1/s1. The highest BCUT2D eigenvalue weighted by atomic mass is 19.1. The lowest BCUT2D eigenvalue weighted by Crippen LogP contribution is -2.29. The summed E-state index contributed by atoms with van der Waals surface area (Å²) < 4.78 is 19.1. The molecule has 2 N–H and O–H groups in total. The van der Waals surface area contributed by atoms with Crippen molar-refractivity contribution < 1.29 is 19.2 Å². The number of ether oxygens (including phenoxy) is 1. The summed E-state index contributed by atoms with van der Waals surface area (Å²) in [6.07, 6.45) is -0.509. The van der Waals surface area contributed by atoms with Crippen LogP contribution in [0.2, 0.25) is 0 Å². The third-order valence-corrected chi connectivity index (χ3v) is 3.61. The Morgan fingerprint density at radius 2 is 1.73 bits per heavy atom. The van der Waals surface area contributed by atoms with Crippen molar-refractivity contribution in [1.82, 2.24) is 0 Å². The van der Waals surface area contributed by atoms with Crippen LogP contribution in [-0.2, 0) is 4.74 Å². The van der Waals surface area contributed by atoms with Crippen molar-refractivity contribution in [2.24, 2.45) is 4.99 Å². The Morgan fingerprint density at radius 3 is 2.32 bits per heavy atom. The van der Waals surface area contributed by atoms with Gasteiger partial charge in [-0.15, -0.1) is 0 Å². The van der Waals surface area contributed by atoms with E-state index in [-0.39, 0.29) is 0 Å². The fourth-order valence-corrected chi connectivity index (χ4v) is 2.43. The van der Waals surface area contributed by atoms with Crippen LogP contribution in [0, 0.1) is 0 Å². The molecule has 0 amide bonds. The number of hydrogen-bond acceptors (Lipinski definition) is 4. The molecule has 3 rings (SSSR count). The van der Waals surface area contributed by atoms with E-state index in [2.05, 4.69) is 4.99 Å². The Bertz CT molecular complexity index is 661. The molecule has 0 aromatic heterocycles. The van der Waals surface area contributed by atoms with Gasteiger partial charge in [-0.3, -0.25) is 0 Å². The van der Waals surface area contributed by atoms with Gasteiger partial charge < -0.3 is 14.8 Å². The first-order valence-electron chi connectivity index (χ1n) is 7.01. The topological polar surface area (TPSA) is 62.0 Å². The molecule has 0 unspecified atom stereocenters. The van der Waals surface area contributed by atoms with E-state index in [4.69, 9.17) is 14.8 Å². The lowest BCUT2D eigenvalue weighted by molar-refractivity contribution is 0.181. The number of hydrogen-bond donors (Lipinski definition) is 2. The minimum atomic E-state index is -1.52. The molecule has 0 bridgehead atoms. The molecule has 0 radical (unpaired) electrons. The van der Waals surface area contributed by atoms with Crippen molar-refractivity contribution in [2.75, 3.05) is 6.67 Å². The Balaban J connectivity index is 1.83. The van der Waals surface area contributed by atoms with Gasteiger partial charge in [0.05, 0.1) is 0 Å². The van der Waals surface area contributed by atoms with Crippen LogP contribution in [0.3, 0.4) is 0 Å². The number of benzene rings is 2. The van der Waals surface area contributed by atoms with Gasteiger partial charge in [-0.25, -0.2) is 9.38 Å². The van der Waals surface area contributed by atoms with E-state index in [0.717, 1.165) is 11.1 Å². The summed E-state index contributed by atoms with van der Waals surface area (Å²) in [7, 11) is -1.52. The summed E-state index contributed by atoms with van der Waals surface area (Å²) in [6, 6.07) is 15.3. The minimum Gasteiger partial charge on any atom is -0.467 e. The van der Waals surface area contributed by atoms with Crippen LogP contribution in [0.25, 0.3) is 0 Å². The number of halogens is 1. The SMILES string of the molecule is OB(O)c1ccc([C@H]2OC(c3ccccc3)=N[C@@H]2CF)cc1. The van der Waals surface area contributed by atoms with Crippen LogP contribution in [0.1, 0.15) is 17.2 Å². The van der Waals surface area contributed by atoms with Gasteiger partial charge in [0.2, 0.25) is 5.90 Å². The number of alkyl halides is 1. The third kappa shape index (κ3) is 2.88. The van der Waals surface area contributed by atoms with Crippen LogP contribution in [-0.4, -0.2) is 35.8 Å². The Morgan fingerprint density at radius 1 is 1.05 bits per heavy atom. The first-order valence-corrected chi connectivity index (χ1v) is 7.01. The maximum absolute atomic E-state index is 13.3. The molecule has 0 saturated heterocycles. The molecule has 1 heterocycles. The van der Waals surface area contributed by atoms with Gasteiger partial charge >= 0.3 is 7.12 Å². The number of rotatable bonds is 4. The quantitative estimate of drug-likeness (QED) is 0.835. The van der Waals surface area contributed by atoms with Gasteiger partial charge in [0, 0.05) is 5.56 Å². The van der Waals surface area contributed by atoms with Crippen molar-refractivity contribution in [3.05, 3.63) is 65.7 Å². The molecular formula is C16H15BFNO3. The summed E-state index contributed by atoms with van der Waals surface area (Å²) >= 11 is 0. The summed E-state index contributed by atoms with van der Waals surface area (Å²) in [5, 5.41) is 18.2. The van der Waals surface area contributed by atoms with Crippen LogP contribution < -0.4 is 5.46 Å². The van der Waals surface area contributed by atoms with Gasteiger partial charge in [-0.05, 0) is 23.2 Å². The van der Waals surface area contributed by atoms with Crippen LogP contribution >= 0.6 is 0 Å². The van der Waals surface area contributed by atoms with Crippen molar-refractivity contribution in [3.63, 3.8) is 0 Å². The van der Waals surface area contributed by atoms with E-state index >= 15 is 0 Å². The molecule has 2 aromatic carbocycles. The fourth-order valence-electron chi connectivity index (χ4n) is 2.43. The highest BCUT2D eigenvalue weighted by Gasteiger charge is 2.33. The Labute approximate surface area is 128 Å². The minimum absolute atomic E-state index is 0.378. The molecule has 112 valence electrons. The lowest BCUT2D eigenvalue weighted by atomic mass is 9.80. The Kier molecular flexibility index (Phi) is 4.22. The smallest absolute Gasteiger partial charge is 0.467 e. The first kappa shape index (κ1) is 14.7. The number of aliphatic imine (C=N–C) groups is 1. The van der Waals surface area contributed by atoms with Crippen molar-refractivity contribution in [3.8, 4) is 0 Å². The zero-order valence-electron chi connectivity index (χ0n) is 11.8. The van der Waals surface area contributed by atoms with Crippen LogP contribution in [0.5, 0.6) is 0 Å². The average molecular weight is 299 g/mol. The molecule has 4 nitrogen and oxygen atoms in total. The second kappa shape index (κ2) is 6.29. The van der Waals surface area contributed by atoms with Crippen molar-refractivity contribution >= 4 is 18.5 Å². The molecule has 0 saturated carbocycles. The summed E-state index contributed by atoms with van der Waals surface area (Å²) in [6.45, 7) is -0.620. The fraction of sp³-hybridized carbons (Fsp3) is 0.188. The summed E-state index contributed by atoms with van der Waals surface area (Å²) in [4.78, 5) is 4.31. The van der Waals surface area contributed by atoms with Crippen LogP contribution in [0.15, 0.2) is 59.6 Å². The zero-order chi connectivity index (χ0) is 15.5. The van der Waals surface area contributed by atoms with Gasteiger partial charge in [-0.1, -0.05) is 42.5 Å². The molecule has 6 heteroatoms. The highest BCUT2D eigenvalue weighted by Crippen LogP contribution is 2.31. The van der Waals surface area contributed by atoms with Crippen molar-refractivity contribution in [2.45, 2.75) is 12.1 Å². The van der Waals surface area contributed by atoms with E-state index in [1.54, 1.807) is 24.3 Å². The van der Waals surface area contributed by atoms with Gasteiger partial charge in [0.25, 0.3) is 0 Å². The molecule has 0 spiro atoms. The maximum atomic E-state index is 13.3. The van der Waals surface area contributed by atoms with E-state index in [1.165, 1.54) is 0 Å². The highest BCUT2D eigenvalue weighted by molar-refractivity contribution is 6.58. The molecule has 2 aromatic rings. The second-order valence-electron chi connectivity index (χ2n) is 5.10. The van der Waals surface area contributed by atoms with E-state index in [0.29, 0.717) is 11.4 Å². The average Bonchev–Trinajstić information content (AvgIpc) is 3.00. The molecule has 2 atom stereocenters. The zero-order valence-corrected chi connectivity index (χ0v) is 11.8. The summed E-state index contributed by atoms with van der Waals surface area (Å²) in [5.74, 6) is 0.430. The van der Waals surface area contributed by atoms with Gasteiger partial charge in [-0.2, -0.15) is 0 Å². The first-order chi connectivity index (χ1) is 10.7.